The van der Waals surface area contributed by atoms with E-state index < -0.39 is 0 Å². The highest BCUT2D eigenvalue weighted by molar-refractivity contribution is 8.23. The van der Waals surface area contributed by atoms with E-state index in [1.807, 2.05) is 0 Å². The monoisotopic (exact) mass is 458 g/mol. The van der Waals surface area contributed by atoms with Crippen LogP contribution in [0.3, 0.4) is 0 Å². The van der Waals surface area contributed by atoms with Gasteiger partial charge in [0.25, 0.3) is 0 Å². The van der Waals surface area contributed by atoms with Crippen molar-refractivity contribution in [2.45, 2.75) is 38.5 Å². The Hall–Kier alpha value is -0.120. The van der Waals surface area contributed by atoms with Gasteiger partial charge < -0.3 is 21.3 Å². The first-order chi connectivity index (χ1) is 13.7. The van der Waals surface area contributed by atoms with Crippen LogP contribution in [0.1, 0.15) is 38.5 Å². The van der Waals surface area contributed by atoms with Crippen molar-refractivity contribution in [1.82, 2.24) is 21.3 Å². The number of thiocarbonyl (C=S) groups is 2. The normalized spacial score (nSPS) is 16.8. The summed E-state index contributed by atoms with van der Waals surface area (Å²) in [7, 11) is 0. The molecule has 0 saturated carbocycles. The fourth-order valence-electron chi connectivity index (χ4n) is 3.60. The van der Waals surface area contributed by atoms with E-state index in [4.69, 9.17) is 24.4 Å². The van der Waals surface area contributed by atoms with Crippen molar-refractivity contribution in [2.75, 3.05) is 51.8 Å². The molecule has 0 unspecified atom stereocenters. The lowest BCUT2D eigenvalue weighted by molar-refractivity contribution is 0.586. The predicted octanol–water partition coefficient (Wildman–Crippen LogP) is 3.60. The first-order valence-corrected chi connectivity index (χ1v) is 13.4. The highest BCUT2D eigenvalue weighted by Crippen LogP contribution is 2.29. The van der Waals surface area contributed by atoms with Crippen LogP contribution in [0, 0.1) is 0 Å². The quantitative estimate of drug-likeness (QED) is 0.247. The number of rotatable bonds is 13. The molecule has 0 amide bonds. The van der Waals surface area contributed by atoms with E-state index in [0.29, 0.717) is 0 Å². The summed E-state index contributed by atoms with van der Waals surface area (Å²) in [4.78, 5) is 0. The summed E-state index contributed by atoms with van der Waals surface area (Å²) in [5, 5.41) is 14.1. The topological polar surface area (TPSA) is 48.1 Å². The van der Waals surface area contributed by atoms with Crippen LogP contribution in [0.25, 0.3) is 0 Å². The van der Waals surface area contributed by atoms with Gasteiger partial charge in [-0.15, -0.1) is 23.5 Å². The van der Waals surface area contributed by atoms with Gasteiger partial charge in [0.05, 0.1) is 8.39 Å². The maximum atomic E-state index is 5.45. The van der Waals surface area contributed by atoms with E-state index in [-0.39, 0.29) is 0 Å². The Morgan fingerprint density at radius 3 is 1.46 bits per heavy atom. The van der Waals surface area contributed by atoms with Crippen LogP contribution in [0.5, 0.6) is 0 Å². The largest absolute Gasteiger partial charge is 0.387 e. The van der Waals surface area contributed by atoms with E-state index in [0.717, 1.165) is 73.3 Å². The maximum absolute atomic E-state index is 5.45. The summed E-state index contributed by atoms with van der Waals surface area (Å²) in [5.41, 5.74) is 5.48. The molecule has 2 rings (SSSR count). The van der Waals surface area contributed by atoms with E-state index in [2.05, 4.69) is 33.8 Å². The summed E-state index contributed by atoms with van der Waals surface area (Å²) >= 11 is 14.3. The molecule has 0 heterocycles. The molecule has 0 fully saturated rings. The lowest BCUT2D eigenvalue weighted by Gasteiger charge is -2.13. The molecular weight excluding hydrogens is 425 g/mol. The fraction of sp³-hybridized carbons (Fsp3) is 0.700. The minimum Gasteiger partial charge on any atom is -0.387 e. The number of thioether (sulfide) groups is 2. The number of hydrogen-bond acceptors (Lipinski definition) is 8. The first kappa shape index (κ1) is 24.2. The van der Waals surface area contributed by atoms with Crippen molar-refractivity contribution in [3.63, 3.8) is 0 Å². The van der Waals surface area contributed by atoms with Crippen molar-refractivity contribution in [3.05, 3.63) is 22.5 Å². The van der Waals surface area contributed by atoms with Gasteiger partial charge in [-0.3, -0.25) is 0 Å². The number of nitrogens with one attached hydrogen (secondary N) is 4. The van der Waals surface area contributed by atoms with Crippen LogP contribution in [0.15, 0.2) is 22.5 Å². The number of allylic oxidation sites excluding steroid dienone is 2. The van der Waals surface area contributed by atoms with Gasteiger partial charge >= 0.3 is 0 Å². The second-order valence-corrected chi connectivity index (χ2v) is 9.92. The van der Waals surface area contributed by atoms with Gasteiger partial charge in [-0.1, -0.05) is 24.4 Å². The average molecular weight is 459 g/mol. The molecule has 28 heavy (non-hydrogen) atoms. The van der Waals surface area contributed by atoms with Crippen LogP contribution in [0.4, 0.5) is 0 Å². The zero-order valence-corrected chi connectivity index (χ0v) is 20.4. The first-order valence-electron chi connectivity index (χ1n) is 10.2. The Balaban J connectivity index is 1.48. The van der Waals surface area contributed by atoms with Crippen molar-refractivity contribution >= 4 is 56.4 Å². The lowest BCUT2D eigenvalue weighted by Crippen LogP contribution is -2.35. The molecule has 158 valence electrons. The SMILES string of the molecule is CSC(=S)C1=C(NCCNCCNCCNC2=C(C(=S)SC)CCC2)CCC1. The summed E-state index contributed by atoms with van der Waals surface area (Å²) in [6.45, 7) is 5.85. The standard InChI is InChI=1S/C20H34N4S4/c1-27-19(25)15-5-3-7-17(15)23-13-11-21-9-10-22-12-14-24-18-8-4-6-16(18)20(26)28-2/h21-24H,3-14H2,1-2H3. The molecule has 0 aromatic rings. The second-order valence-electron chi connectivity index (χ2n) is 6.96. The van der Waals surface area contributed by atoms with E-state index >= 15 is 0 Å². The molecule has 0 saturated heterocycles. The second kappa shape index (κ2) is 14.0. The molecule has 0 aliphatic heterocycles. The maximum Gasteiger partial charge on any atom is 0.0752 e. The van der Waals surface area contributed by atoms with Gasteiger partial charge in [0.2, 0.25) is 0 Å². The van der Waals surface area contributed by atoms with E-state index in [9.17, 15) is 0 Å². The smallest absolute Gasteiger partial charge is 0.0752 e. The zero-order chi connectivity index (χ0) is 20.2. The van der Waals surface area contributed by atoms with Crippen molar-refractivity contribution < 1.29 is 0 Å². The van der Waals surface area contributed by atoms with Crippen LogP contribution in [0.2, 0.25) is 0 Å². The summed E-state index contributed by atoms with van der Waals surface area (Å²) in [6, 6.07) is 0. The van der Waals surface area contributed by atoms with E-state index in [1.54, 1.807) is 23.5 Å². The van der Waals surface area contributed by atoms with Crippen LogP contribution in [-0.2, 0) is 0 Å². The summed E-state index contributed by atoms with van der Waals surface area (Å²) in [5.74, 6) is 0. The molecule has 0 spiro atoms. The van der Waals surface area contributed by atoms with Crippen molar-refractivity contribution in [3.8, 4) is 0 Å². The van der Waals surface area contributed by atoms with Gasteiger partial charge in [-0.05, 0) is 62.2 Å². The van der Waals surface area contributed by atoms with Gasteiger partial charge in [-0.25, -0.2) is 0 Å². The van der Waals surface area contributed by atoms with Gasteiger partial charge in [0.15, 0.2) is 0 Å². The fourth-order valence-corrected chi connectivity index (χ4v) is 5.00. The molecule has 4 nitrogen and oxygen atoms in total. The Morgan fingerprint density at radius 1 is 0.679 bits per heavy atom. The van der Waals surface area contributed by atoms with Gasteiger partial charge in [0.1, 0.15) is 0 Å². The molecule has 0 radical (unpaired) electrons. The minimum atomic E-state index is 0.962. The highest BCUT2D eigenvalue weighted by atomic mass is 32.2. The third-order valence-electron chi connectivity index (χ3n) is 5.06. The third-order valence-corrected chi connectivity index (χ3v) is 7.79. The molecular formula is C20H34N4S4. The molecule has 0 atom stereocenters. The summed E-state index contributed by atoms with van der Waals surface area (Å²) in [6.07, 6.45) is 11.1. The minimum absolute atomic E-state index is 0.962. The molecule has 0 aromatic carbocycles. The Kier molecular flexibility index (Phi) is 12.1. The molecule has 0 bridgehead atoms. The number of hydrogen-bond donors (Lipinski definition) is 4. The highest BCUT2D eigenvalue weighted by Gasteiger charge is 2.18. The van der Waals surface area contributed by atoms with Crippen molar-refractivity contribution in [1.29, 1.82) is 0 Å². The van der Waals surface area contributed by atoms with Gasteiger partial charge in [0, 0.05) is 50.7 Å². The Bertz CT molecular complexity index is 549. The zero-order valence-electron chi connectivity index (χ0n) is 17.1. The van der Waals surface area contributed by atoms with Crippen LogP contribution >= 0.6 is 48.0 Å². The Labute approximate surface area is 189 Å². The lowest BCUT2D eigenvalue weighted by atomic mass is 10.2. The Morgan fingerprint density at radius 2 is 1.07 bits per heavy atom. The average Bonchev–Trinajstić information content (AvgIpc) is 3.37. The summed E-state index contributed by atoms with van der Waals surface area (Å²) < 4.78 is 2.11. The third kappa shape index (κ3) is 7.95. The van der Waals surface area contributed by atoms with Crippen LogP contribution in [-0.4, -0.2) is 60.2 Å². The predicted molar refractivity (Wildman–Crippen MR) is 136 cm³/mol. The van der Waals surface area contributed by atoms with Crippen molar-refractivity contribution in [2.24, 2.45) is 0 Å². The molecule has 2 aliphatic rings. The molecule has 0 aromatic heterocycles. The van der Waals surface area contributed by atoms with Crippen LogP contribution < -0.4 is 21.3 Å². The van der Waals surface area contributed by atoms with E-state index in [1.165, 1.54) is 35.4 Å². The van der Waals surface area contributed by atoms with Gasteiger partial charge in [-0.2, -0.15) is 0 Å². The molecule has 2 aliphatic carbocycles. The molecule has 8 heteroatoms. The molecule has 4 N–H and O–H groups in total.